The predicted molar refractivity (Wildman–Crippen MR) is 464 cm³/mol. The molecule has 666 valence electrons. The predicted octanol–water partition coefficient (Wildman–Crippen LogP) is 28.7. The second kappa shape index (κ2) is 81.4. The summed E-state index contributed by atoms with van der Waals surface area (Å²) in [6.45, 7) is 14.4. The molecule has 0 rings (SSSR count). The van der Waals surface area contributed by atoms with Crippen LogP contribution >= 0.6 is 15.6 Å². The summed E-state index contributed by atoms with van der Waals surface area (Å²) in [7, 11) is -9.94. The molecule has 0 aromatic carbocycles. The molecule has 3 N–H and O–H groups in total. The van der Waals surface area contributed by atoms with Gasteiger partial charge in [0.15, 0.2) is 12.2 Å². The molecular formula is C93H182O17P2. The van der Waals surface area contributed by atoms with E-state index in [2.05, 4.69) is 55.4 Å². The third-order valence-corrected chi connectivity index (χ3v) is 24.4. The van der Waals surface area contributed by atoms with Gasteiger partial charge in [0, 0.05) is 25.7 Å². The average Bonchev–Trinajstić information content (AvgIpc) is 0.898. The maximum atomic E-state index is 13.2. The summed E-state index contributed by atoms with van der Waals surface area (Å²) in [5.41, 5.74) is 0. The molecule has 0 aromatic heterocycles. The Morgan fingerprint density at radius 3 is 0.634 bits per heavy atom. The highest BCUT2D eigenvalue weighted by Gasteiger charge is 2.31. The molecule has 0 aromatic rings. The fourth-order valence-electron chi connectivity index (χ4n) is 14.5. The second-order valence-corrected chi connectivity index (χ2v) is 37.7. The van der Waals surface area contributed by atoms with Crippen molar-refractivity contribution in [1.29, 1.82) is 0 Å². The van der Waals surface area contributed by atoms with E-state index in [9.17, 15) is 43.2 Å². The number of carbonyl (C=O) groups excluding carboxylic acids is 4. The Morgan fingerprint density at radius 1 is 0.250 bits per heavy atom. The Balaban J connectivity index is 5.21. The lowest BCUT2D eigenvalue weighted by atomic mass is 9.99. The Hall–Kier alpha value is -1.94. The van der Waals surface area contributed by atoms with Crippen molar-refractivity contribution in [2.75, 3.05) is 39.6 Å². The lowest BCUT2D eigenvalue weighted by Crippen LogP contribution is -2.30. The minimum Gasteiger partial charge on any atom is -0.462 e. The van der Waals surface area contributed by atoms with Crippen LogP contribution in [-0.2, 0) is 65.4 Å². The molecule has 0 saturated heterocycles. The van der Waals surface area contributed by atoms with Crippen LogP contribution in [0.4, 0.5) is 0 Å². The molecule has 17 nitrogen and oxygen atoms in total. The SMILES string of the molecule is CCC(C)CCCCCCCCCCCCCCCCCCCCC(=O)O[C@H](COC(=O)CCCCCCCCC(C)CC)COP(=O)(O)OC[C@H](O)COP(=O)(O)OC[C@@H](COC(=O)CCCCCCCCCCCCCCCCCCCCC(C)C)OC(=O)CCCCCCCCCCCCCCCCCCC(C)C. The minimum atomic E-state index is -4.97. The van der Waals surface area contributed by atoms with Crippen LogP contribution in [-0.4, -0.2) is 96.7 Å². The Labute approximate surface area is 689 Å². The number of aliphatic hydroxyl groups excluding tert-OH is 1. The van der Waals surface area contributed by atoms with Gasteiger partial charge in [-0.05, 0) is 49.4 Å². The first-order valence-electron chi connectivity index (χ1n) is 47.8. The molecule has 19 heteroatoms. The smallest absolute Gasteiger partial charge is 0.462 e. The van der Waals surface area contributed by atoms with Gasteiger partial charge in [0.25, 0.3) is 0 Å². The molecule has 0 radical (unpaired) electrons. The van der Waals surface area contributed by atoms with Crippen molar-refractivity contribution in [2.45, 2.75) is 510 Å². The maximum absolute atomic E-state index is 13.2. The zero-order chi connectivity index (χ0) is 82.3. The van der Waals surface area contributed by atoms with Crippen LogP contribution in [0.3, 0.4) is 0 Å². The Morgan fingerprint density at radius 2 is 0.429 bits per heavy atom. The van der Waals surface area contributed by atoms with Gasteiger partial charge in [0.05, 0.1) is 26.4 Å². The van der Waals surface area contributed by atoms with Crippen LogP contribution in [0.15, 0.2) is 0 Å². The van der Waals surface area contributed by atoms with Gasteiger partial charge < -0.3 is 33.8 Å². The number of unbranched alkanes of at least 4 members (excludes halogenated alkanes) is 54. The second-order valence-electron chi connectivity index (χ2n) is 34.8. The third-order valence-electron chi connectivity index (χ3n) is 22.5. The summed E-state index contributed by atoms with van der Waals surface area (Å²) in [5, 5.41) is 10.7. The summed E-state index contributed by atoms with van der Waals surface area (Å²) in [6, 6.07) is 0. The standard InChI is InChI=1S/C93H182O17P2/c1-9-85(7)71-63-55-47-41-35-29-23-16-12-14-18-25-31-37-43-49-59-68-76-93(98)110-89(80-104-91(96)74-66-58-52-51-56-64-72-86(8)10-2)82-108-112(101,102)106-78-87(94)77-105-111(99,100)107-81-88(109-92(97)75-67-60-50-44-38-32-26-20-19-22-28-34-40-46-54-62-70-84(5)6)79-103-90(95)73-65-57-48-42-36-30-24-17-13-11-15-21-27-33-39-45-53-61-69-83(3)4/h83-89,94H,9-82H2,1-8H3,(H,99,100)(H,101,102)/t85?,86?,87-,88-,89-/m1/s1. The van der Waals surface area contributed by atoms with E-state index in [-0.39, 0.29) is 25.7 Å². The van der Waals surface area contributed by atoms with Crippen LogP contribution < -0.4 is 0 Å². The first-order chi connectivity index (χ1) is 54.2. The number of esters is 4. The van der Waals surface area contributed by atoms with Gasteiger partial charge in [0.1, 0.15) is 19.3 Å². The Bertz CT molecular complexity index is 2170. The quantitative estimate of drug-likeness (QED) is 0.0222. The summed E-state index contributed by atoms with van der Waals surface area (Å²) in [6.07, 6.45) is 73.8. The number of phosphoric acid groups is 2. The highest BCUT2D eigenvalue weighted by molar-refractivity contribution is 7.47. The minimum absolute atomic E-state index is 0.107. The molecule has 4 unspecified atom stereocenters. The molecule has 0 saturated carbocycles. The van der Waals surface area contributed by atoms with Crippen LogP contribution in [0.25, 0.3) is 0 Å². The molecule has 7 atom stereocenters. The van der Waals surface area contributed by atoms with Crippen molar-refractivity contribution in [3.63, 3.8) is 0 Å². The summed E-state index contributed by atoms with van der Waals surface area (Å²) >= 11 is 0. The van der Waals surface area contributed by atoms with E-state index in [0.29, 0.717) is 25.7 Å². The lowest BCUT2D eigenvalue weighted by molar-refractivity contribution is -0.161. The average molecular weight is 1630 g/mol. The van der Waals surface area contributed by atoms with E-state index in [0.717, 1.165) is 120 Å². The maximum Gasteiger partial charge on any atom is 0.472 e. The number of rotatable bonds is 90. The first-order valence-corrected chi connectivity index (χ1v) is 50.8. The molecule has 0 fully saturated rings. The van der Waals surface area contributed by atoms with Crippen molar-refractivity contribution in [2.24, 2.45) is 23.7 Å². The van der Waals surface area contributed by atoms with E-state index in [1.54, 1.807) is 0 Å². The van der Waals surface area contributed by atoms with Crippen molar-refractivity contribution >= 4 is 39.5 Å². The fraction of sp³-hybridized carbons (Fsp3) is 0.957. The van der Waals surface area contributed by atoms with Crippen molar-refractivity contribution in [1.82, 2.24) is 0 Å². The van der Waals surface area contributed by atoms with Gasteiger partial charge in [-0.25, -0.2) is 9.13 Å². The largest absolute Gasteiger partial charge is 0.472 e. The van der Waals surface area contributed by atoms with Gasteiger partial charge in [-0.15, -0.1) is 0 Å². The zero-order valence-electron chi connectivity index (χ0n) is 74.3. The van der Waals surface area contributed by atoms with E-state index >= 15 is 0 Å². The molecule has 0 aliphatic carbocycles. The molecule has 0 amide bonds. The molecule has 0 aliphatic heterocycles. The van der Waals surface area contributed by atoms with Crippen molar-refractivity contribution < 1.29 is 80.2 Å². The highest BCUT2D eigenvalue weighted by atomic mass is 31.2. The van der Waals surface area contributed by atoms with Crippen LogP contribution in [0.5, 0.6) is 0 Å². The Kier molecular flexibility index (Phi) is 80.0. The van der Waals surface area contributed by atoms with Gasteiger partial charge in [-0.2, -0.15) is 0 Å². The number of hydrogen-bond donors (Lipinski definition) is 3. The van der Waals surface area contributed by atoms with Crippen LogP contribution in [0, 0.1) is 23.7 Å². The molecule has 0 aliphatic rings. The van der Waals surface area contributed by atoms with E-state index in [1.165, 1.54) is 289 Å². The van der Waals surface area contributed by atoms with Gasteiger partial charge in [-0.3, -0.25) is 37.3 Å². The third kappa shape index (κ3) is 83.1. The number of aliphatic hydroxyl groups is 1. The fourth-order valence-corrected chi connectivity index (χ4v) is 16.1. The topological polar surface area (TPSA) is 237 Å². The van der Waals surface area contributed by atoms with E-state index in [1.807, 2.05) is 0 Å². The van der Waals surface area contributed by atoms with E-state index < -0.39 is 97.5 Å². The van der Waals surface area contributed by atoms with Crippen molar-refractivity contribution in [3.8, 4) is 0 Å². The summed E-state index contributed by atoms with van der Waals surface area (Å²) in [4.78, 5) is 73.4. The molecule has 0 bridgehead atoms. The summed E-state index contributed by atoms with van der Waals surface area (Å²) in [5.74, 6) is 1.13. The summed E-state index contributed by atoms with van der Waals surface area (Å²) < 4.78 is 69.1. The first kappa shape index (κ1) is 110. The molecule has 0 spiro atoms. The van der Waals surface area contributed by atoms with E-state index in [4.69, 9.17) is 37.0 Å². The number of hydrogen-bond acceptors (Lipinski definition) is 15. The lowest BCUT2D eigenvalue weighted by Gasteiger charge is -2.21. The van der Waals surface area contributed by atoms with Gasteiger partial charge >= 0.3 is 39.5 Å². The van der Waals surface area contributed by atoms with Gasteiger partial charge in [-0.1, -0.05) is 441 Å². The van der Waals surface area contributed by atoms with Crippen LogP contribution in [0.1, 0.15) is 492 Å². The van der Waals surface area contributed by atoms with Crippen molar-refractivity contribution in [3.05, 3.63) is 0 Å². The number of phosphoric ester groups is 2. The number of ether oxygens (including phenoxy) is 4. The number of carbonyl (C=O) groups is 4. The highest BCUT2D eigenvalue weighted by Crippen LogP contribution is 2.45. The normalized spacial score (nSPS) is 14.3. The molecule has 112 heavy (non-hydrogen) atoms. The molecular weight excluding hydrogens is 1450 g/mol. The molecule has 0 heterocycles. The van der Waals surface area contributed by atoms with Crippen LogP contribution in [0.2, 0.25) is 0 Å². The van der Waals surface area contributed by atoms with Gasteiger partial charge in [0.2, 0.25) is 0 Å². The zero-order valence-corrected chi connectivity index (χ0v) is 76.1. The monoisotopic (exact) mass is 1630 g/mol.